The van der Waals surface area contributed by atoms with E-state index < -0.39 is 47.2 Å². The maximum atomic E-state index is 14.6. The lowest BCUT2D eigenvalue weighted by Crippen LogP contribution is -2.48. The summed E-state index contributed by atoms with van der Waals surface area (Å²) in [5.41, 5.74) is -0.498. The first-order chi connectivity index (χ1) is 19.0. The molecule has 1 aliphatic rings. The Kier molecular flexibility index (Phi) is 7.29. The molecule has 0 spiro atoms. The van der Waals surface area contributed by atoms with E-state index in [1.807, 2.05) is 0 Å². The van der Waals surface area contributed by atoms with E-state index in [1.54, 1.807) is 35.2 Å². The number of hydrogen-bond acceptors (Lipinski definition) is 9. The number of piperidine rings is 1. The third-order valence-corrected chi connectivity index (χ3v) is 6.38. The number of likely N-dealkylation sites (tertiary alicyclic amines) is 1. The summed E-state index contributed by atoms with van der Waals surface area (Å²) in [7, 11) is 0. The van der Waals surface area contributed by atoms with Gasteiger partial charge in [-0.3, -0.25) is 4.90 Å². The van der Waals surface area contributed by atoms with Crippen LogP contribution in [-0.2, 0) is 10.9 Å². The van der Waals surface area contributed by atoms with Gasteiger partial charge in [0, 0.05) is 24.1 Å². The summed E-state index contributed by atoms with van der Waals surface area (Å²) in [6.07, 6.45) is -7.28. The summed E-state index contributed by atoms with van der Waals surface area (Å²) in [6.45, 7) is 0.159. The molecule has 2 N–H and O–H groups in total. The van der Waals surface area contributed by atoms with Gasteiger partial charge in [0.1, 0.15) is 11.3 Å². The quantitative estimate of drug-likeness (QED) is 0.217. The van der Waals surface area contributed by atoms with E-state index in [2.05, 4.69) is 20.0 Å². The highest BCUT2D eigenvalue weighted by Gasteiger charge is 2.43. The molecule has 40 heavy (non-hydrogen) atoms. The molecule has 2 aromatic heterocycles. The molecule has 1 fully saturated rings. The second-order valence-corrected chi connectivity index (χ2v) is 9.25. The second kappa shape index (κ2) is 10.7. The molecule has 0 aliphatic carbocycles. The largest absolute Gasteiger partial charge is 0.508 e. The Morgan fingerprint density at radius 2 is 1.80 bits per heavy atom. The number of alkyl halides is 4. The lowest BCUT2D eigenvalue weighted by molar-refractivity contribution is -0.150. The number of rotatable bonds is 7. The van der Waals surface area contributed by atoms with Crippen molar-refractivity contribution in [2.24, 2.45) is 0 Å². The summed E-state index contributed by atoms with van der Waals surface area (Å²) in [5.74, 6) is -3.59. The minimum atomic E-state index is -4.82. The first-order valence-corrected chi connectivity index (χ1v) is 12.1. The Morgan fingerprint density at radius 1 is 1.07 bits per heavy atom. The van der Waals surface area contributed by atoms with Crippen LogP contribution in [0.25, 0.3) is 34.3 Å². The third-order valence-electron chi connectivity index (χ3n) is 6.38. The average Bonchev–Trinajstić information content (AvgIpc) is 3.56. The van der Waals surface area contributed by atoms with Gasteiger partial charge >= 0.3 is 12.3 Å². The molecular formula is C26H22F4N4O6. The number of hydrogen-bond donors (Lipinski definition) is 2. The highest BCUT2D eigenvalue weighted by molar-refractivity contribution is 5.71. The van der Waals surface area contributed by atoms with Crippen LogP contribution in [0.2, 0.25) is 0 Å². The predicted octanol–water partition coefficient (Wildman–Crippen LogP) is 5.57. The molecule has 4 aromatic rings. The smallest absolute Gasteiger partial charge is 0.450 e. The summed E-state index contributed by atoms with van der Waals surface area (Å²) in [4.78, 5) is 16.4. The van der Waals surface area contributed by atoms with Crippen molar-refractivity contribution < 1.29 is 46.4 Å². The molecule has 10 nitrogen and oxygen atoms in total. The fourth-order valence-electron chi connectivity index (χ4n) is 4.58. The van der Waals surface area contributed by atoms with E-state index in [4.69, 9.17) is 14.2 Å². The SMILES string of the molecule is O=C(O)OC1(F)CCCN(CC(O)c2ccc(-c3noc(-c4onc(-c5ccccc5)c4C(F)(F)F)n3)cc2)C1. The first-order valence-electron chi connectivity index (χ1n) is 12.1. The number of nitrogens with zero attached hydrogens (tertiary/aromatic N) is 4. The number of carboxylic acid groups (broad SMARTS) is 1. The van der Waals surface area contributed by atoms with Gasteiger partial charge < -0.3 is 24.0 Å². The van der Waals surface area contributed by atoms with Crippen LogP contribution in [0.4, 0.5) is 22.4 Å². The molecule has 2 unspecified atom stereocenters. The summed E-state index contributed by atoms with van der Waals surface area (Å²) < 4.78 is 71.0. The molecule has 0 radical (unpaired) electrons. The molecule has 1 saturated heterocycles. The predicted molar refractivity (Wildman–Crippen MR) is 129 cm³/mol. The molecule has 0 bridgehead atoms. The van der Waals surface area contributed by atoms with Gasteiger partial charge in [-0.25, -0.2) is 4.79 Å². The summed E-state index contributed by atoms with van der Waals surface area (Å²) in [6, 6.07) is 13.9. The van der Waals surface area contributed by atoms with E-state index in [0.29, 0.717) is 24.1 Å². The maximum absolute atomic E-state index is 14.6. The van der Waals surface area contributed by atoms with Crippen molar-refractivity contribution in [2.45, 2.75) is 31.0 Å². The topological polar surface area (TPSA) is 135 Å². The number of aromatic nitrogens is 3. The van der Waals surface area contributed by atoms with Crippen molar-refractivity contribution in [3.63, 3.8) is 0 Å². The summed E-state index contributed by atoms with van der Waals surface area (Å²) >= 11 is 0. The van der Waals surface area contributed by atoms with Crippen molar-refractivity contribution >= 4 is 6.16 Å². The molecule has 2 aromatic carbocycles. The average molecular weight is 562 g/mol. The molecule has 14 heteroatoms. The van der Waals surface area contributed by atoms with Crippen molar-refractivity contribution in [3.05, 3.63) is 65.7 Å². The van der Waals surface area contributed by atoms with Crippen LogP contribution in [0.3, 0.4) is 0 Å². The molecule has 3 heterocycles. The molecule has 1 aliphatic heterocycles. The van der Waals surface area contributed by atoms with Crippen LogP contribution >= 0.6 is 0 Å². The zero-order valence-electron chi connectivity index (χ0n) is 20.6. The minimum absolute atomic E-state index is 0.0223. The van der Waals surface area contributed by atoms with Crippen LogP contribution in [0.5, 0.6) is 0 Å². The van der Waals surface area contributed by atoms with Gasteiger partial charge in [-0.05, 0) is 18.5 Å². The van der Waals surface area contributed by atoms with Gasteiger partial charge in [-0.1, -0.05) is 64.9 Å². The van der Waals surface area contributed by atoms with Crippen LogP contribution in [0, 0.1) is 0 Å². The Bertz CT molecular complexity index is 1470. The molecular weight excluding hydrogens is 540 g/mol. The lowest BCUT2D eigenvalue weighted by atomic mass is 10.0. The second-order valence-electron chi connectivity index (χ2n) is 9.25. The zero-order valence-corrected chi connectivity index (χ0v) is 20.6. The van der Waals surface area contributed by atoms with Crippen molar-refractivity contribution in [1.82, 2.24) is 20.2 Å². The van der Waals surface area contributed by atoms with Crippen LogP contribution in [0.15, 0.2) is 63.6 Å². The van der Waals surface area contributed by atoms with Crippen LogP contribution < -0.4 is 0 Å². The Balaban J connectivity index is 1.32. The van der Waals surface area contributed by atoms with Gasteiger partial charge in [-0.15, -0.1) is 0 Å². The fourth-order valence-corrected chi connectivity index (χ4v) is 4.58. The fraction of sp³-hybridized carbons (Fsp3) is 0.308. The van der Waals surface area contributed by atoms with Gasteiger partial charge in [-0.2, -0.15) is 22.5 Å². The first kappa shape index (κ1) is 27.3. The Hall–Kier alpha value is -4.30. The lowest BCUT2D eigenvalue weighted by Gasteiger charge is -2.36. The van der Waals surface area contributed by atoms with Crippen molar-refractivity contribution in [3.8, 4) is 34.3 Å². The molecule has 210 valence electrons. The molecule has 5 rings (SSSR count). The number of carbonyl (C=O) groups is 1. The van der Waals surface area contributed by atoms with Gasteiger partial charge in [0.25, 0.3) is 11.7 Å². The molecule has 0 saturated carbocycles. The van der Waals surface area contributed by atoms with Crippen LogP contribution in [-0.4, -0.2) is 62.1 Å². The number of aliphatic hydroxyl groups excluding tert-OH is 1. The number of benzene rings is 2. The van der Waals surface area contributed by atoms with E-state index in [-0.39, 0.29) is 30.9 Å². The summed E-state index contributed by atoms with van der Waals surface area (Å²) in [5, 5.41) is 26.8. The van der Waals surface area contributed by atoms with Crippen molar-refractivity contribution in [2.75, 3.05) is 19.6 Å². The molecule has 0 amide bonds. The number of ether oxygens (including phenoxy) is 1. The van der Waals surface area contributed by atoms with E-state index in [1.165, 1.54) is 24.3 Å². The van der Waals surface area contributed by atoms with Crippen molar-refractivity contribution in [1.29, 1.82) is 0 Å². The van der Waals surface area contributed by atoms with Gasteiger partial charge in [0.15, 0.2) is 0 Å². The van der Waals surface area contributed by atoms with Gasteiger partial charge in [0.2, 0.25) is 11.6 Å². The zero-order chi connectivity index (χ0) is 28.5. The number of β-amino-alcohol motifs (C(OH)–C–C–N with tert-alkyl or cyclic N) is 1. The monoisotopic (exact) mass is 562 g/mol. The highest BCUT2D eigenvalue weighted by atomic mass is 19.4. The van der Waals surface area contributed by atoms with E-state index in [0.717, 1.165) is 0 Å². The van der Waals surface area contributed by atoms with E-state index in [9.17, 15) is 27.5 Å². The normalized spacial score (nSPS) is 18.9. The standard InChI is InChI=1S/C26H22F4N4O6/c27-25(38-24(36)37)11-4-12-34(14-25)13-18(35)15-7-9-17(10-8-15)22-31-23(40-33-22)21-19(26(28,29)30)20(32-39-21)16-5-2-1-3-6-16/h1-3,5-10,18,35H,4,11-14H2,(H,36,37). The van der Waals surface area contributed by atoms with Crippen LogP contribution in [0.1, 0.15) is 30.1 Å². The Morgan fingerprint density at radius 3 is 2.48 bits per heavy atom. The number of halogens is 4. The van der Waals surface area contributed by atoms with Gasteiger partial charge in [0.05, 0.1) is 12.6 Å². The Labute approximate surface area is 223 Å². The highest BCUT2D eigenvalue weighted by Crippen LogP contribution is 2.43. The number of aliphatic hydroxyl groups is 1. The van der Waals surface area contributed by atoms with E-state index >= 15 is 0 Å². The maximum Gasteiger partial charge on any atom is 0.508 e. The third kappa shape index (κ3) is 5.82. The molecule has 2 atom stereocenters. The minimum Gasteiger partial charge on any atom is -0.450 e.